The van der Waals surface area contributed by atoms with Crippen molar-refractivity contribution in [3.05, 3.63) is 35.7 Å². The van der Waals surface area contributed by atoms with Gasteiger partial charge in [0.25, 0.3) is 5.91 Å². The van der Waals surface area contributed by atoms with Gasteiger partial charge in [-0.15, -0.1) is 12.4 Å². The quantitative estimate of drug-likeness (QED) is 0.535. The van der Waals surface area contributed by atoms with Gasteiger partial charge in [-0.3, -0.25) is 14.4 Å². The molecule has 2 heterocycles. The smallest absolute Gasteiger partial charge is 0.280 e. The summed E-state index contributed by atoms with van der Waals surface area (Å²) in [6, 6.07) is 7.61. The van der Waals surface area contributed by atoms with Gasteiger partial charge in [0, 0.05) is 18.8 Å². The predicted molar refractivity (Wildman–Crippen MR) is 121 cm³/mol. The number of nitrogens with zero attached hydrogens (tertiary/aromatic N) is 5. The molecule has 0 saturated carbocycles. The average molecular weight is 438 g/mol. The minimum absolute atomic E-state index is 0. The summed E-state index contributed by atoms with van der Waals surface area (Å²) in [7, 11) is 5.71. The molecule has 0 N–H and O–H groups in total. The van der Waals surface area contributed by atoms with Crippen LogP contribution in [0.2, 0.25) is 0 Å². The van der Waals surface area contributed by atoms with E-state index < -0.39 is 0 Å². The zero-order valence-electron chi connectivity index (χ0n) is 17.5. The second-order valence-corrected chi connectivity index (χ2v) is 7.94. The van der Waals surface area contributed by atoms with Crippen LogP contribution in [0.4, 0.5) is 5.13 Å². The first-order chi connectivity index (χ1) is 13.4. The number of anilines is 1. The maximum Gasteiger partial charge on any atom is 0.280 e. The molecule has 0 aliphatic rings. The van der Waals surface area contributed by atoms with Crippen LogP contribution >= 0.6 is 23.7 Å². The first kappa shape index (κ1) is 23.1. The van der Waals surface area contributed by atoms with Gasteiger partial charge in [-0.25, -0.2) is 4.98 Å². The highest BCUT2D eigenvalue weighted by Crippen LogP contribution is 2.32. The van der Waals surface area contributed by atoms with Crippen LogP contribution in [0.25, 0.3) is 10.2 Å². The Bertz CT molecular complexity index is 969. The maximum atomic E-state index is 13.3. The fraction of sp³-hybridized carbons (Fsp3) is 0.450. The number of rotatable bonds is 8. The van der Waals surface area contributed by atoms with Crippen molar-refractivity contribution in [1.82, 2.24) is 19.7 Å². The Kier molecular flexibility index (Phi) is 8.01. The van der Waals surface area contributed by atoms with Crippen LogP contribution in [0.15, 0.2) is 24.3 Å². The Morgan fingerprint density at radius 2 is 2.00 bits per heavy atom. The molecule has 1 amide bonds. The van der Waals surface area contributed by atoms with Crippen LogP contribution in [0.1, 0.15) is 29.5 Å². The average Bonchev–Trinajstić information content (AvgIpc) is 3.26. The zero-order chi connectivity index (χ0) is 20.3. The van der Waals surface area contributed by atoms with E-state index in [4.69, 9.17) is 9.72 Å². The predicted octanol–water partition coefficient (Wildman–Crippen LogP) is 3.85. The summed E-state index contributed by atoms with van der Waals surface area (Å²) in [4.78, 5) is 21.8. The van der Waals surface area contributed by atoms with Gasteiger partial charge in [-0.2, -0.15) is 5.10 Å². The van der Waals surface area contributed by atoms with E-state index in [1.807, 2.05) is 56.9 Å². The second-order valence-electron chi connectivity index (χ2n) is 6.93. The summed E-state index contributed by atoms with van der Waals surface area (Å²) in [6.45, 7) is 6.20. The zero-order valence-corrected chi connectivity index (χ0v) is 19.1. The molecule has 0 aliphatic carbocycles. The highest BCUT2D eigenvalue weighted by molar-refractivity contribution is 7.22. The van der Waals surface area contributed by atoms with Gasteiger partial charge in [-0.1, -0.05) is 11.3 Å². The second kappa shape index (κ2) is 10.0. The summed E-state index contributed by atoms with van der Waals surface area (Å²) < 4.78 is 8.15. The van der Waals surface area contributed by atoms with Crippen molar-refractivity contribution >= 4 is 45.0 Å². The lowest BCUT2D eigenvalue weighted by atomic mass is 10.3. The first-order valence-corrected chi connectivity index (χ1v) is 10.2. The third-order valence-electron chi connectivity index (χ3n) is 4.55. The van der Waals surface area contributed by atoms with Crippen molar-refractivity contribution in [2.24, 2.45) is 0 Å². The summed E-state index contributed by atoms with van der Waals surface area (Å²) in [6.07, 6.45) is 0.853. The van der Waals surface area contributed by atoms with E-state index in [2.05, 4.69) is 10.00 Å². The molecule has 158 valence electrons. The van der Waals surface area contributed by atoms with Gasteiger partial charge in [0.1, 0.15) is 5.75 Å². The first-order valence-electron chi connectivity index (χ1n) is 9.38. The molecule has 0 fully saturated rings. The number of halogens is 1. The Morgan fingerprint density at radius 3 is 2.62 bits per heavy atom. The molecular formula is C20H28ClN5O2S. The number of methoxy groups -OCH3 is 1. The van der Waals surface area contributed by atoms with Crippen molar-refractivity contribution in [3.8, 4) is 5.75 Å². The number of ether oxygens (including phenoxy) is 1. The summed E-state index contributed by atoms with van der Waals surface area (Å²) in [5, 5.41) is 5.16. The van der Waals surface area contributed by atoms with Crippen molar-refractivity contribution in [2.75, 3.05) is 39.2 Å². The molecule has 0 aliphatic heterocycles. The van der Waals surface area contributed by atoms with Crippen molar-refractivity contribution < 1.29 is 9.53 Å². The highest BCUT2D eigenvalue weighted by Gasteiger charge is 2.24. The fourth-order valence-electron chi connectivity index (χ4n) is 3.04. The van der Waals surface area contributed by atoms with Gasteiger partial charge in [0.15, 0.2) is 10.8 Å². The van der Waals surface area contributed by atoms with E-state index in [1.165, 1.54) is 11.3 Å². The molecule has 1 aromatic carbocycles. The van der Waals surface area contributed by atoms with E-state index in [0.717, 1.165) is 41.2 Å². The van der Waals surface area contributed by atoms with Gasteiger partial charge >= 0.3 is 0 Å². The molecule has 0 unspecified atom stereocenters. The number of fused-ring (bicyclic) bond motifs is 1. The highest BCUT2D eigenvalue weighted by atomic mass is 35.5. The van der Waals surface area contributed by atoms with E-state index in [0.29, 0.717) is 17.4 Å². The number of benzene rings is 1. The Hall–Kier alpha value is -2.16. The molecule has 3 rings (SSSR count). The molecule has 0 atom stereocenters. The summed E-state index contributed by atoms with van der Waals surface area (Å²) in [5.41, 5.74) is 2.30. The lowest BCUT2D eigenvalue weighted by Crippen LogP contribution is -2.33. The van der Waals surface area contributed by atoms with Crippen molar-refractivity contribution in [1.29, 1.82) is 0 Å². The minimum Gasteiger partial charge on any atom is -0.497 e. The molecule has 0 bridgehead atoms. The number of hydrogen-bond acceptors (Lipinski definition) is 6. The Morgan fingerprint density at radius 1 is 1.24 bits per heavy atom. The molecule has 2 aromatic heterocycles. The van der Waals surface area contributed by atoms with E-state index >= 15 is 0 Å². The molecular weight excluding hydrogens is 410 g/mol. The number of hydrogen-bond donors (Lipinski definition) is 0. The number of aromatic nitrogens is 3. The van der Waals surface area contributed by atoms with Crippen LogP contribution in [0, 0.1) is 6.92 Å². The standard InChI is InChI=1S/C20H27N5O2S.ClH/c1-6-25-14(2)12-17(22-25)19(26)24(11-7-10-23(3)4)20-21-16-9-8-15(27-5)13-18(16)28-20;/h8-9,12-13H,6-7,10-11H2,1-5H3;1H. The SMILES string of the molecule is CCn1nc(C(=O)N(CCCN(C)C)c2nc3ccc(OC)cc3s2)cc1C.Cl. The third-order valence-corrected chi connectivity index (χ3v) is 5.59. The molecule has 0 spiro atoms. The largest absolute Gasteiger partial charge is 0.497 e. The van der Waals surface area contributed by atoms with Crippen LogP contribution < -0.4 is 9.64 Å². The molecule has 0 radical (unpaired) electrons. The number of aryl methyl sites for hydroxylation is 2. The van der Waals surface area contributed by atoms with E-state index in [-0.39, 0.29) is 18.3 Å². The minimum atomic E-state index is -0.111. The van der Waals surface area contributed by atoms with Crippen LogP contribution in [0.3, 0.4) is 0 Å². The number of thiazole rings is 1. The normalized spacial score (nSPS) is 11.0. The molecule has 29 heavy (non-hydrogen) atoms. The Labute approximate surface area is 181 Å². The lowest BCUT2D eigenvalue weighted by molar-refractivity contribution is 0.0980. The van der Waals surface area contributed by atoms with Gasteiger partial charge < -0.3 is 9.64 Å². The molecule has 7 nitrogen and oxygen atoms in total. The molecule has 0 saturated heterocycles. The van der Waals surface area contributed by atoms with E-state index in [1.54, 1.807) is 12.0 Å². The maximum absolute atomic E-state index is 13.3. The van der Waals surface area contributed by atoms with Crippen LogP contribution in [-0.4, -0.2) is 59.9 Å². The van der Waals surface area contributed by atoms with Crippen LogP contribution in [0.5, 0.6) is 5.75 Å². The summed E-state index contributed by atoms with van der Waals surface area (Å²) in [5.74, 6) is 0.672. The topological polar surface area (TPSA) is 63.5 Å². The molecule has 9 heteroatoms. The van der Waals surface area contributed by atoms with Gasteiger partial charge in [0.2, 0.25) is 0 Å². The van der Waals surface area contributed by atoms with Crippen molar-refractivity contribution in [2.45, 2.75) is 26.8 Å². The molecule has 3 aromatic rings. The van der Waals surface area contributed by atoms with Crippen LogP contribution in [-0.2, 0) is 6.54 Å². The Balaban J connectivity index is 0.00000300. The van der Waals surface area contributed by atoms with Gasteiger partial charge in [0.05, 0.1) is 17.3 Å². The van der Waals surface area contributed by atoms with Crippen molar-refractivity contribution in [3.63, 3.8) is 0 Å². The van der Waals surface area contributed by atoms with E-state index in [9.17, 15) is 4.79 Å². The number of amides is 1. The third kappa shape index (κ3) is 5.26. The number of carbonyl (C=O) groups excluding carboxylic acids is 1. The number of carbonyl (C=O) groups is 1. The monoisotopic (exact) mass is 437 g/mol. The summed E-state index contributed by atoms with van der Waals surface area (Å²) >= 11 is 1.50. The lowest BCUT2D eigenvalue weighted by Gasteiger charge is -2.20. The van der Waals surface area contributed by atoms with Gasteiger partial charge in [-0.05, 0) is 65.2 Å². The fourth-order valence-corrected chi connectivity index (χ4v) is 4.06.